The number of nitrogens with two attached hydrogens (primary N) is 1. The second kappa shape index (κ2) is 5.27. The maximum absolute atomic E-state index is 11.4. The van der Waals surface area contributed by atoms with Gasteiger partial charge in [-0.15, -0.1) is 0 Å². The largest absolute Gasteiger partial charge is 0.380 e. The zero-order valence-electron chi connectivity index (χ0n) is 10.6. The molecule has 106 valence electrons. The van der Waals surface area contributed by atoms with Crippen molar-refractivity contribution in [2.45, 2.75) is 0 Å². The highest BCUT2D eigenvalue weighted by molar-refractivity contribution is 6.42. The summed E-state index contributed by atoms with van der Waals surface area (Å²) in [6.45, 7) is 0. The summed E-state index contributed by atoms with van der Waals surface area (Å²) in [4.78, 5) is 14.0. The topological polar surface area (TPSA) is 84.9 Å². The highest BCUT2D eigenvalue weighted by atomic mass is 35.5. The third-order valence-corrected chi connectivity index (χ3v) is 3.70. The van der Waals surface area contributed by atoms with Crippen LogP contribution in [0.5, 0.6) is 0 Å². The number of hydrogen-bond acceptors (Lipinski definition) is 4. The van der Waals surface area contributed by atoms with Gasteiger partial charge in [0, 0.05) is 17.8 Å². The Morgan fingerprint density at radius 3 is 2.62 bits per heavy atom. The molecule has 0 amide bonds. The second-order valence-electron chi connectivity index (χ2n) is 4.34. The molecule has 2 heterocycles. The van der Waals surface area contributed by atoms with Gasteiger partial charge < -0.3 is 15.2 Å². The van der Waals surface area contributed by atoms with Crippen molar-refractivity contribution >= 4 is 29.0 Å². The summed E-state index contributed by atoms with van der Waals surface area (Å²) in [5.74, 6) is 0.612. The van der Waals surface area contributed by atoms with E-state index in [2.05, 4.69) is 10.1 Å². The fourth-order valence-electron chi connectivity index (χ4n) is 2.02. The zero-order chi connectivity index (χ0) is 15.0. The van der Waals surface area contributed by atoms with E-state index in [0.717, 1.165) is 0 Å². The van der Waals surface area contributed by atoms with E-state index >= 15 is 0 Å². The van der Waals surface area contributed by atoms with E-state index < -0.39 is 0 Å². The molecule has 0 saturated heterocycles. The fourth-order valence-corrected chi connectivity index (χ4v) is 2.31. The van der Waals surface area contributed by atoms with Crippen LogP contribution in [0, 0.1) is 0 Å². The number of nitrogens with zero attached hydrogens (tertiary/aromatic N) is 1. The summed E-state index contributed by atoms with van der Waals surface area (Å²) in [7, 11) is 0. The molecular formula is C14H9Cl2N3O2. The minimum Gasteiger partial charge on any atom is -0.380 e. The highest BCUT2D eigenvalue weighted by Crippen LogP contribution is 2.38. The van der Waals surface area contributed by atoms with Crippen LogP contribution in [-0.4, -0.2) is 10.1 Å². The predicted molar refractivity (Wildman–Crippen MR) is 82.4 cm³/mol. The molecule has 0 aliphatic rings. The van der Waals surface area contributed by atoms with Crippen molar-refractivity contribution in [3.05, 3.63) is 56.9 Å². The first kappa shape index (κ1) is 13.7. The molecule has 1 aromatic carbocycles. The number of pyridine rings is 1. The van der Waals surface area contributed by atoms with Gasteiger partial charge in [0.05, 0.1) is 15.6 Å². The number of aromatic amines is 1. The zero-order valence-corrected chi connectivity index (χ0v) is 12.1. The molecule has 3 aromatic rings. The number of H-pyrrole nitrogens is 1. The quantitative estimate of drug-likeness (QED) is 0.755. The molecule has 0 atom stereocenters. The molecule has 0 aliphatic carbocycles. The summed E-state index contributed by atoms with van der Waals surface area (Å²) >= 11 is 11.9. The maximum atomic E-state index is 11.4. The molecule has 3 N–H and O–H groups in total. The van der Waals surface area contributed by atoms with Gasteiger partial charge in [0.2, 0.25) is 5.56 Å². The van der Waals surface area contributed by atoms with Crippen molar-refractivity contribution < 1.29 is 4.52 Å². The van der Waals surface area contributed by atoms with Crippen LogP contribution in [0.4, 0.5) is 5.82 Å². The van der Waals surface area contributed by atoms with Crippen molar-refractivity contribution in [3.8, 4) is 22.5 Å². The van der Waals surface area contributed by atoms with Crippen LogP contribution in [-0.2, 0) is 0 Å². The lowest BCUT2D eigenvalue weighted by atomic mass is 10.0. The van der Waals surface area contributed by atoms with Crippen molar-refractivity contribution in [3.63, 3.8) is 0 Å². The summed E-state index contributed by atoms with van der Waals surface area (Å²) in [5, 5.41) is 4.60. The van der Waals surface area contributed by atoms with Gasteiger partial charge in [-0.05, 0) is 23.8 Å². The van der Waals surface area contributed by atoms with Gasteiger partial charge in [-0.1, -0.05) is 34.4 Å². The van der Waals surface area contributed by atoms with Gasteiger partial charge in [-0.3, -0.25) is 4.79 Å². The summed E-state index contributed by atoms with van der Waals surface area (Å²) < 4.78 is 5.26. The van der Waals surface area contributed by atoms with E-state index in [0.29, 0.717) is 32.5 Å². The molecule has 0 radical (unpaired) electrons. The predicted octanol–water partition coefficient (Wildman–Crippen LogP) is 3.59. The smallest absolute Gasteiger partial charge is 0.248 e. The Bertz CT molecular complexity index is 871. The number of benzene rings is 1. The number of aromatic nitrogens is 2. The molecule has 21 heavy (non-hydrogen) atoms. The van der Waals surface area contributed by atoms with Crippen LogP contribution >= 0.6 is 23.2 Å². The Balaban J connectivity index is 2.21. The van der Waals surface area contributed by atoms with E-state index in [1.165, 1.54) is 12.3 Å². The van der Waals surface area contributed by atoms with Gasteiger partial charge in [0.1, 0.15) is 0 Å². The molecule has 0 spiro atoms. The molecular weight excluding hydrogens is 313 g/mol. The number of nitrogens with one attached hydrogen (secondary N) is 1. The van der Waals surface area contributed by atoms with Crippen LogP contribution in [0.1, 0.15) is 0 Å². The lowest BCUT2D eigenvalue weighted by molar-refractivity contribution is 0.436. The van der Waals surface area contributed by atoms with E-state index in [-0.39, 0.29) is 11.4 Å². The Morgan fingerprint density at radius 2 is 1.90 bits per heavy atom. The molecule has 0 unspecified atom stereocenters. The molecule has 5 nitrogen and oxygen atoms in total. The van der Waals surface area contributed by atoms with Crippen LogP contribution in [0.3, 0.4) is 0 Å². The Labute approximate surface area is 129 Å². The SMILES string of the molecule is Nc1noc(-c2cc[nH]c(=O)c2)c1-c1ccc(Cl)c(Cl)c1. The van der Waals surface area contributed by atoms with Crippen molar-refractivity contribution in [2.75, 3.05) is 5.73 Å². The molecule has 0 aliphatic heterocycles. The fraction of sp³-hybridized carbons (Fsp3) is 0. The lowest BCUT2D eigenvalue weighted by Gasteiger charge is -2.04. The van der Waals surface area contributed by atoms with Gasteiger partial charge >= 0.3 is 0 Å². The third kappa shape index (κ3) is 2.53. The average Bonchev–Trinajstić information content (AvgIpc) is 2.84. The minimum absolute atomic E-state index is 0.212. The number of nitrogen functional groups attached to an aromatic ring is 1. The molecule has 2 aromatic heterocycles. The van der Waals surface area contributed by atoms with E-state index in [4.69, 9.17) is 33.5 Å². The van der Waals surface area contributed by atoms with Gasteiger partial charge in [0.25, 0.3) is 0 Å². The van der Waals surface area contributed by atoms with Crippen LogP contribution in [0.25, 0.3) is 22.5 Å². The first-order chi connectivity index (χ1) is 10.1. The first-order valence-electron chi connectivity index (χ1n) is 5.96. The second-order valence-corrected chi connectivity index (χ2v) is 5.16. The van der Waals surface area contributed by atoms with Crippen LogP contribution in [0.2, 0.25) is 10.0 Å². The number of hydrogen-bond donors (Lipinski definition) is 2. The average molecular weight is 322 g/mol. The number of halogens is 2. The lowest BCUT2D eigenvalue weighted by Crippen LogP contribution is -2.02. The number of rotatable bonds is 2. The Hall–Kier alpha value is -2.24. The number of anilines is 1. The van der Waals surface area contributed by atoms with Crippen molar-refractivity contribution in [1.82, 2.24) is 10.1 Å². The monoisotopic (exact) mass is 321 g/mol. The Morgan fingerprint density at radius 1 is 1.10 bits per heavy atom. The maximum Gasteiger partial charge on any atom is 0.248 e. The molecule has 7 heteroatoms. The molecule has 3 rings (SSSR count). The van der Waals surface area contributed by atoms with Crippen LogP contribution in [0.15, 0.2) is 45.8 Å². The molecule has 0 saturated carbocycles. The van der Waals surface area contributed by atoms with E-state index in [9.17, 15) is 4.79 Å². The van der Waals surface area contributed by atoms with Crippen molar-refractivity contribution in [1.29, 1.82) is 0 Å². The van der Waals surface area contributed by atoms with Crippen LogP contribution < -0.4 is 11.3 Å². The van der Waals surface area contributed by atoms with Gasteiger partial charge in [-0.2, -0.15) is 0 Å². The molecule has 0 fully saturated rings. The van der Waals surface area contributed by atoms with Gasteiger partial charge in [0.15, 0.2) is 11.6 Å². The van der Waals surface area contributed by atoms with Crippen molar-refractivity contribution in [2.24, 2.45) is 0 Å². The summed E-state index contributed by atoms with van der Waals surface area (Å²) in [5.41, 5.74) is 7.47. The first-order valence-corrected chi connectivity index (χ1v) is 6.71. The highest BCUT2D eigenvalue weighted by Gasteiger charge is 2.18. The Kier molecular flexibility index (Phi) is 3.45. The molecule has 0 bridgehead atoms. The standard InChI is InChI=1S/C14H9Cl2N3O2/c15-9-2-1-7(5-10(9)16)12-13(21-19-14(12)17)8-3-4-18-11(20)6-8/h1-6H,(H2,17,19)(H,18,20). The minimum atomic E-state index is -0.248. The third-order valence-electron chi connectivity index (χ3n) is 2.96. The van der Waals surface area contributed by atoms with E-state index in [1.54, 1.807) is 24.3 Å². The van der Waals surface area contributed by atoms with Gasteiger partial charge in [-0.25, -0.2) is 0 Å². The summed E-state index contributed by atoms with van der Waals surface area (Å²) in [6, 6.07) is 8.19. The van der Waals surface area contributed by atoms with E-state index in [1.807, 2.05) is 0 Å². The normalized spacial score (nSPS) is 10.8. The summed E-state index contributed by atoms with van der Waals surface area (Å²) in [6.07, 6.45) is 1.52.